The summed E-state index contributed by atoms with van der Waals surface area (Å²) in [6.07, 6.45) is 5.45. The molecule has 154 valence electrons. The number of allylic oxidation sites excluding steroid dienone is 3. The third-order valence-electron chi connectivity index (χ3n) is 5.67. The summed E-state index contributed by atoms with van der Waals surface area (Å²) in [5, 5.41) is 10.1. The minimum absolute atomic E-state index is 0.0861. The molecule has 2 N–H and O–H groups in total. The fourth-order valence-corrected chi connectivity index (χ4v) is 6.42. The molecule has 7 heteroatoms. The molecule has 0 fully saturated rings. The van der Waals surface area contributed by atoms with Gasteiger partial charge >= 0.3 is 0 Å². The molecule has 0 amide bonds. The van der Waals surface area contributed by atoms with Crippen LogP contribution in [0.3, 0.4) is 0 Å². The molecule has 1 aliphatic heterocycles. The first kappa shape index (κ1) is 20.8. The van der Waals surface area contributed by atoms with Crippen molar-refractivity contribution in [3.63, 3.8) is 0 Å². The number of carbonyl (C=O) groups excluding carboxylic acids is 1. The zero-order chi connectivity index (χ0) is 21.6. The predicted octanol–water partition coefficient (Wildman–Crippen LogP) is 5.41. The molecule has 3 heterocycles. The fourth-order valence-electron chi connectivity index (χ4n) is 4.38. The van der Waals surface area contributed by atoms with Crippen LogP contribution in [-0.2, 0) is 11.2 Å². The highest BCUT2D eigenvalue weighted by Gasteiger charge is 2.45. The second-order valence-electron chi connectivity index (χ2n) is 8.47. The van der Waals surface area contributed by atoms with Gasteiger partial charge in [-0.3, -0.25) is 14.7 Å². The number of anilines is 1. The molecule has 1 unspecified atom stereocenters. The average molecular weight is 483 g/mol. The van der Waals surface area contributed by atoms with E-state index in [1.807, 2.05) is 23.1 Å². The zero-order valence-corrected chi connectivity index (χ0v) is 19.6. The molecular formula is C23H23BrN4OS. The molecule has 0 aromatic carbocycles. The molecule has 0 bridgehead atoms. The van der Waals surface area contributed by atoms with E-state index < -0.39 is 5.92 Å². The molecule has 1 aliphatic carbocycles. The van der Waals surface area contributed by atoms with Crippen LogP contribution in [0.25, 0.3) is 0 Å². The number of aryl methyl sites for hydroxylation is 1. The first-order chi connectivity index (χ1) is 14.3. The van der Waals surface area contributed by atoms with Gasteiger partial charge in [-0.25, -0.2) is 0 Å². The lowest BCUT2D eigenvalue weighted by Crippen LogP contribution is -2.42. The monoisotopic (exact) mass is 482 g/mol. The summed E-state index contributed by atoms with van der Waals surface area (Å²) in [6.45, 7) is 6.29. The Kier molecular flexibility index (Phi) is 5.33. The SMILES string of the molecule is CCc1sc(C2C(C#N)=C(N)N(c3cccnc3)C3=C2C(=O)CC(C)(C)C3)cc1Br. The minimum Gasteiger partial charge on any atom is -0.384 e. The normalized spacial score (nSPS) is 21.0. The Balaban J connectivity index is 1.99. The van der Waals surface area contributed by atoms with Gasteiger partial charge in [0.25, 0.3) is 0 Å². The highest BCUT2D eigenvalue weighted by atomic mass is 79.9. The van der Waals surface area contributed by atoms with E-state index in [0.29, 0.717) is 29.8 Å². The maximum Gasteiger partial charge on any atom is 0.162 e. The van der Waals surface area contributed by atoms with Gasteiger partial charge in [0.15, 0.2) is 5.78 Å². The minimum atomic E-state index is -0.428. The van der Waals surface area contributed by atoms with Crippen molar-refractivity contribution in [1.29, 1.82) is 5.26 Å². The topological polar surface area (TPSA) is 83.0 Å². The fraction of sp³-hybridized carbons (Fsp3) is 0.348. The van der Waals surface area contributed by atoms with Crippen LogP contribution in [0.2, 0.25) is 0 Å². The van der Waals surface area contributed by atoms with Gasteiger partial charge in [-0.05, 0) is 52.4 Å². The maximum atomic E-state index is 13.5. The lowest BCUT2D eigenvalue weighted by Gasteiger charge is -2.43. The number of nitriles is 1. The van der Waals surface area contributed by atoms with Gasteiger partial charge < -0.3 is 5.73 Å². The molecule has 0 saturated heterocycles. The third-order valence-corrected chi connectivity index (χ3v) is 7.98. The number of halogens is 1. The number of hydrogen-bond donors (Lipinski definition) is 1. The lowest BCUT2D eigenvalue weighted by molar-refractivity contribution is -0.118. The molecule has 0 saturated carbocycles. The van der Waals surface area contributed by atoms with Crippen LogP contribution in [0.4, 0.5) is 5.69 Å². The van der Waals surface area contributed by atoms with E-state index in [2.05, 4.69) is 47.8 Å². The molecule has 1 atom stereocenters. The summed E-state index contributed by atoms with van der Waals surface area (Å²) in [5.41, 5.74) is 9.19. The quantitative estimate of drug-likeness (QED) is 0.631. The number of carbonyl (C=O) groups is 1. The molecule has 2 aromatic rings. The summed E-state index contributed by atoms with van der Waals surface area (Å²) in [5.74, 6) is 0.0356. The van der Waals surface area contributed by atoms with Crippen LogP contribution >= 0.6 is 27.3 Å². The van der Waals surface area contributed by atoms with E-state index in [-0.39, 0.29) is 11.2 Å². The summed E-state index contributed by atoms with van der Waals surface area (Å²) in [7, 11) is 0. The second kappa shape index (κ2) is 7.68. The highest BCUT2D eigenvalue weighted by Crippen LogP contribution is 2.51. The average Bonchev–Trinajstić information content (AvgIpc) is 3.07. The van der Waals surface area contributed by atoms with Gasteiger partial charge in [0.1, 0.15) is 5.82 Å². The van der Waals surface area contributed by atoms with Gasteiger partial charge in [-0.15, -0.1) is 11.3 Å². The number of nitrogens with two attached hydrogens (primary N) is 1. The first-order valence-corrected chi connectivity index (χ1v) is 11.5. The Morgan fingerprint density at radius 3 is 2.80 bits per heavy atom. The van der Waals surface area contributed by atoms with Crippen LogP contribution in [-0.4, -0.2) is 10.8 Å². The van der Waals surface area contributed by atoms with E-state index in [9.17, 15) is 10.1 Å². The molecule has 2 aromatic heterocycles. The van der Waals surface area contributed by atoms with Crippen LogP contribution in [0.5, 0.6) is 0 Å². The summed E-state index contributed by atoms with van der Waals surface area (Å²) < 4.78 is 1.02. The zero-order valence-electron chi connectivity index (χ0n) is 17.2. The summed E-state index contributed by atoms with van der Waals surface area (Å²) >= 11 is 5.27. The van der Waals surface area contributed by atoms with Crippen molar-refractivity contribution in [1.82, 2.24) is 4.98 Å². The second-order valence-corrected chi connectivity index (χ2v) is 10.5. The van der Waals surface area contributed by atoms with Crippen molar-refractivity contribution in [3.05, 3.63) is 67.5 Å². The molecule has 5 nitrogen and oxygen atoms in total. The standard InChI is InChI=1S/C23H23BrN4OS/c1-4-18-15(24)8-19(30-18)20-14(11-25)22(26)28(13-6-5-7-27-12-13)16-9-23(2,3)10-17(29)21(16)20/h5-8,12,20H,4,9-10,26H2,1-3H3. The maximum absolute atomic E-state index is 13.5. The largest absolute Gasteiger partial charge is 0.384 e. The molecule has 0 spiro atoms. The number of ketones is 1. The van der Waals surface area contributed by atoms with Crippen molar-refractivity contribution < 1.29 is 4.79 Å². The first-order valence-electron chi connectivity index (χ1n) is 9.91. The van der Waals surface area contributed by atoms with E-state index in [1.54, 1.807) is 23.7 Å². The highest BCUT2D eigenvalue weighted by molar-refractivity contribution is 9.10. The number of pyridine rings is 1. The van der Waals surface area contributed by atoms with Crippen molar-refractivity contribution in [3.8, 4) is 6.07 Å². The number of Topliss-reactive ketones (excluding diaryl/α,β-unsaturated/α-hetero) is 1. The predicted molar refractivity (Wildman–Crippen MR) is 123 cm³/mol. The van der Waals surface area contributed by atoms with Crippen LogP contribution in [0.1, 0.15) is 49.3 Å². The number of nitrogens with zero attached hydrogens (tertiary/aromatic N) is 3. The van der Waals surface area contributed by atoms with Crippen molar-refractivity contribution >= 4 is 38.7 Å². The number of thiophene rings is 1. The Bertz CT molecular complexity index is 1120. The van der Waals surface area contributed by atoms with E-state index in [1.165, 1.54) is 4.88 Å². The van der Waals surface area contributed by atoms with E-state index >= 15 is 0 Å². The molecule has 2 aliphatic rings. The summed E-state index contributed by atoms with van der Waals surface area (Å²) in [6, 6.07) is 8.10. The van der Waals surface area contributed by atoms with Crippen LogP contribution < -0.4 is 10.6 Å². The molecule has 30 heavy (non-hydrogen) atoms. The lowest BCUT2D eigenvalue weighted by atomic mass is 9.69. The van der Waals surface area contributed by atoms with E-state index in [0.717, 1.165) is 27.2 Å². The Hall–Kier alpha value is -2.43. The smallest absolute Gasteiger partial charge is 0.162 e. The number of aromatic nitrogens is 1. The Morgan fingerprint density at radius 2 is 2.20 bits per heavy atom. The summed E-state index contributed by atoms with van der Waals surface area (Å²) in [4.78, 5) is 21.7. The Morgan fingerprint density at radius 1 is 1.43 bits per heavy atom. The van der Waals surface area contributed by atoms with Gasteiger partial charge in [-0.1, -0.05) is 20.8 Å². The number of hydrogen-bond acceptors (Lipinski definition) is 6. The molecule has 0 radical (unpaired) electrons. The van der Waals surface area contributed by atoms with E-state index in [4.69, 9.17) is 5.73 Å². The van der Waals surface area contributed by atoms with Gasteiger partial charge in [0, 0.05) is 38.1 Å². The molecular weight excluding hydrogens is 460 g/mol. The van der Waals surface area contributed by atoms with Gasteiger partial charge in [-0.2, -0.15) is 5.26 Å². The van der Waals surface area contributed by atoms with Crippen LogP contribution in [0, 0.1) is 16.7 Å². The van der Waals surface area contributed by atoms with Crippen molar-refractivity contribution in [2.24, 2.45) is 11.1 Å². The van der Waals surface area contributed by atoms with Gasteiger partial charge in [0.2, 0.25) is 0 Å². The van der Waals surface area contributed by atoms with Crippen molar-refractivity contribution in [2.75, 3.05) is 4.90 Å². The van der Waals surface area contributed by atoms with Gasteiger partial charge in [0.05, 0.1) is 29.4 Å². The van der Waals surface area contributed by atoms with Crippen LogP contribution in [0.15, 0.2) is 57.7 Å². The Labute approximate surface area is 189 Å². The number of rotatable bonds is 3. The molecule has 4 rings (SSSR count). The van der Waals surface area contributed by atoms with Crippen molar-refractivity contribution in [2.45, 2.75) is 46.0 Å². The third kappa shape index (κ3) is 3.38.